The van der Waals surface area contributed by atoms with Gasteiger partial charge < -0.3 is 9.30 Å². The molecule has 0 saturated carbocycles. The van der Waals surface area contributed by atoms with Crippen LogP contribution in [0.2, 0.25) is 0 Å². The van der Waals surface area contributed by atoms with E-state index in [0.29, 0.717) is 11.3 Å². The number of fused-ring (bicyclic) bond motifs is 1. The molecule has 1 heterocycles. The zero-order valence-corrected chi connectivity index (χ0v) is 20.2. The standard InChI is InChI=1S/C25H24N2O4S2/c1-17(2)22-16-27(15-19-11-8-10-18-9-4-5-12-20(18)19)25(32-22)26-33(29,30)23-14-7-6-13-21(23)24(28)31-3/h4-14,16-17H,15H2,1-3H3. The Morgan fingerprint density at radius 1 is 1.03 bits per heavy atom. The number of hydrogen-bond donors (Lipinski definition) is 0. The summed E-state index contributed by atoms with van der Waals surface area (Å²) < 4.78 is 37.3. The van der Waals surface area contributed by atoms with Gasteiger partial charge in [-0.1, -0.05) is 68.4 Å². The van der Waals surface area contributed by atoms with Gasteiger partial charge in [-0.2, -0.15) is 8.42 Å². The first-order chi connectivity index (χ1) is 15.8. The lowest BCUT2D eigenvalue weighted by Crippen LogP contribution is -2.18. The van der Waals surface area contributed by atoms with Crippen molar-refractivity contribution >= 4 is 38.1 Å². The van der Waals surface area contributed by atoms with E-state index in [1.807, 2.05) is 35.0 Å². The largest absolute Gasteiger partial charge is 0.465 e. The summed E-state index contributed by atoms with van der Waals surface area (Å²) in [5.41, 5.74) is 1.03. The smallest absolute Gasteiger partial charge is 0.339 e. The molecular weight excluding hydrogens is 456 g/mol. The number of nitrogens with zero attached hydrogens (tertiary/aromatic N) is 2. The van der Waals surface area contributed by atoms with Crippen LogP contribution in [0, 0.1) is 0 Å². The van der Waals surface area contributed by atoms with Gasteiger partial charge in [0.25, 0.3) is 10.0 Å². The number of thiazole rings is 1. The number of ether oxygens (including phenoxy) is 1. The van der Waals surface area contributed by atoms with Gasteiger partial charge in [-0.05, 0) is 34.4 Å². The second kappa shape index (κ2) is 9.33. The van der Waals surface area contributed by atoms with Crippen LogP contribution in [0.25, 0.3) is 10.8 Å². The molecule has 0 amide bonds. The van der Waals surface area contributed by atoms with E-state index in [4.69, 9.17) is 4.74 Å². The lowest BCUT2D eigenvalue weighted by atomic mass is 10.0. The number of benzene rings is 3. The lowest BCUT2D eigenvalue weighted by molar-refractivity contribution is 0.0596. The van der Waals surface area contributed by atoms with Gasteiger partial charge in [-0.25, -0.2) is 4.79 Å². The van der Waals surface area contributed by atoms with Crippen LogP contribution < -0.4 is 4.80 Å². The summed E-state index contributed by atoms with van der Waals surface area (Å²) in [5, 5.41) is 2.22. The van der Waals surface area contributed by atoms with Gasteiger partial charge in [0.2, 0.25) is 4.80 Å². The Morgan fingerprint density at radius 3 is 2.48 bits per heavy atom. The van der Waals surface area contributed by atoms with Crippen molar-refractivity contribution in [3.8, 4) is 0 Å². The molecule has 0 aliphatic rings. The molecule has 0 atom stereocenters. The first-order valence-corrected chi connectivity index (χ1v) is 12.7. The van der Waals surface area contributed by atoms with Crippen LogP contribution in [0.3, 0.4) is 0 Å². The third kappa shape index (κ3) is 4.77. The monoisotopic (exact) mass is 480 g/mol. The Labute approximate surface area is 196 Å². The molecule has 0 saturated heterocycles. The van der Waals surface area contributed by atoms with Crippen LogP contribution in [-0.4, -0.2) is 26.1 Å². The van der Waals surface area contributed by atoms with Crippen LogP contribution in [0.4, 0.5) is 0 Å². The van der Waals surface area contributed by atoms with Crippen molar-refractivity contribution in [2.24, 2.45) is 4.40 Å². The van der Waals surface area contributed by atoms with Crippen LogP contribution >= 0.6 is 11.3 Å². The summed E-state index contributed by atoms with van der Waals surface area (Å²) in [5.74, 6) is -0.509. The fraction of sp³-hybridized carbons (Fsp3) is 0.200. The second-order valence-electron chi connectivity index (χ2n) is 7.89. The highest BCUT2D eigenvalue weighted by molar-refractivity contribution is 7.90. The molecule has 0 aliphatic carbocycles. The van der Waals surface area contributed by atoms with Crippen molar-refractivity contribution in [2.45, 2.75) is 31.2 Å². The maximum Gasteiger partial charge on any atom is 0.339 e. The van der Waals surface area contributed by atoms with Crippen LogP contribution in [0.1, 0.15) is 40.6 Å². The van der Waals surface area contributed by atoms with Gasteiger partial charge in [0.05, 0.1) is 19.2 Å². The molecule has 0 radical (unpaired) electrons. The normalized spacial score (nSPS) is 12.4. The van der Waals surface area contributed by atoms with Crippen LogP contribution in [-0.2, 0) is 21.3 Å². The molecule has 170 valence electrons. The number of rotatable bonds is 6. The molecular formula is C25H24N2O4S2. The molecule has 0 unspecified atom stereocenters. The zero-order valence-electron chi connectivity index (χ0n) is 18.6. The fourth-order valence-electron chi connectivity index (χ4n) is 3.59. The first-order valence-electron chi connectivity index (χ1n) is 10.5. The summed E-state index contributed by atoms with van der Waals surface area (Å²) >= 11 is 1.33. The third-order valence-electron chi connectivity index (χ3n) is 5.30. The third-order valence-corrected chi connectivity index (χ3v) is 8.06. The van der Waals surface area contributed by atoms with Crippen molar-refractivity contribution < 1.29 is 17.9 Å². The molecule has 0 aliphatic heterocycles. The van der Waals surface area contributed by atoms with Crippen molar-refractivity contribution in [1.29, 1.82) is 0 Å². The van der Waals surface area contributed by atoms with Crippen LogP contribution in [0.5, 0.6) is 0 Å². The Kier molecular flexibility index (Phi) is 6.49. The molecule has 4 rings (SSSR count). The predicted octanol–water partition coefficient (Wildman–Crippen LogP) is 4.95. The molecule has 4 aromatic rings. The highest BCUT2D eigenvalue weighted by Crippen LogP contribution is 2.23. The van der Waals surface area contributed by atoms with E-state index in [1.165, 1.54) is 30.6 Å². The Hall–Kier alpha value is -3.23. The lowest BCUT2D eigenvalue weighted by Gasteiger charge is -2.08. The number of esters is 1. The highest BCUT2D eigenvalue weighted by atomic mass is 32.2. The van der Waals surface area contributed by atoms with E-state index >= 15 is 0 Å². The summed E-state index contributed by atoms with van der Waals surface area (Å²) in [6.45, 7) is 4.58. The van der Waals surface area contributed by atoms with Crippen molar-refractivity contribution in [3.63, 3.8) is 0 Å². The van der Waals surface area contributed by atoms with E-state index in [0.717, 1.165) is 21.2 Å². The predicted molar refractivity (Wildman–Crippen MR) is 130 cm³/mol. The van der Waals surface area contributed by atoms with Gasteiger partial charge >= 0.3 is 5.97 Å². The molecule has 0 bridgehead atoms. The van der Waals surface area contributed by atoms with Crippen molar-refractivity contribution in [3.05, 3.63) is 93.7 Å². The average molecular weight is 481 g/mol. The topological polar surface area (TPSA) is 77.7 Å². The molecule has 0 N–H and O–H groups in total. The molecule has 8 heteroatoms. The first kappa shape index (κ1) is 22.9. The summed E-state index contributed by atoms with van der Waals surface area (Å²) in [6, 6.07) is 20.1. The molecule has 6 nitrogen and oxygen atoms in total. The van der Waals surface area contributed by atoms with Crippen LogP contribution in [0.15, 0.2) is 82.2 Å². The van der Waals surface area contributed by atoms with Gasteiger partial charge in [-0.3, -0.25) is 0 Å². The number of hydrogen-bond acceptors (Lipinski definition) is 5. The Morgan fingerprint density at radius 2 is 1.73 bits per heavy atom. The minimum Gasteiger partial charge on any atom is -0.465 e. The van der Waals surface area contributed by atoms with Gasteiger partial charge in [0.1, 0.15) is 4.90 Å². The molecule has 0 fully saturated rings. The van der Waals surface area contributed by atoms with Crippen molar-refractivity contribution in [2.75, 3.05) is 7.11 Å². The zero-order chi connectivity index (χ0) is 23.6. The maximum atomic E-state index is 13.3. The van der Waals surface area contributed by atoms with E-state index in [9.17, 15) is 13.2 Å². The maximum absolute atomic E-state index is 13.3. The number of carbonyl (C=O) groups is 1. The fourth-order valence-corrected chi connectivity index (χ4v) is 5.98. The Balaban J connectivity index is 1.86. The van der Waals surface area contributed by atoms with Gasteiger partial charge in [-0.15, -0.1) is 15.7 Å². The Bertz CT molecular complexity index is 1490. The molecule has 0 spiro atoms. The average Bonchev–Trinajstić information content (AvgIpc) is 3.20. The molecule has 3 aromatic carbocycles. The minimum absolute atomic E-state index is 0.0370. The van der Waals surface area contributed by atoms with E-state index in [2.05, 4.69) is 36.4 Å². The van der Waals surface area contributed by atoms with Crippen molar-refractivity contribution in [1.82, 2.24) is 4.57 Å². The quantitative estimate of drug-likeness (QED) is 0.366. The second-order valence-corrected chi connectivity index (χ2v) is 10.5. The van der Waals surface area contributed by atoms with Gasteiger partial charge in [0.15, 0.2) is 0 Å². The summed E-state index contributed by atoms with van der Waals surface area (Å²) in [4.78, 5) is 13.3. The molecule has 1 aromatic heterocycles. The molecule has 33 heavy (non-hydrogen) atoms. The summed E-state index contributed by atoms with van der Waals surface area (Å²) in [7, 11) is -2.94. The highest BCUT2D eigenvalue weighted by Gasteiger charge is 2.23. The van der Waals surface area contributed by atoms with E-state index in [-0.39, 0.29) is 16.4 Å². The van der Waals surface area contributed by atoms with E-state index in [1.54, 1.807) is 12.1 Å². The SMILES string of the molecule is COC(=O)c1ccccc1S(=O)(=O)N=c1sc(C(C)C)cn1Cc1cccc2ccccc12. The van der Waals surface area contributed by atoms with Gasteiger partial charge in [0, 0.05) is 11.1 Å². The number of carbonyl (C=O) groups excluding carboxylic acids is 1. The minimum atomic E-state index is -4.15. The van der Waals surface area contributed by atoms with E-state index < -0.39 is 16.0 Å². The summed E-state index contributed by atoms with van der Waals surface area (Å²) in [6.07, 6.45) is 1.96. The number of sulfonamides is 1. The number of methoxy groups -OCH3 is 1. The number of aromatic nitrogens is 1.